The minimum absolute atomic E-state index is 0.264. The topological polar surface area (TPSA) is 93.2 Å². The first-order valence-corrected chi connectivity index (χ1v) is 8.26. The lowest BCUT2D eigenvalue weighted by atomic mass is 10.2. The third-order valence-corrected chi connectivity index (χ3v) is 3.79. The monoisotopic (exact) mass is 362 g/mol. The van der Waals surface area contributed by atoms with Gasteiger partial charge in [-0.15, -0.1) is 0 Å². The Hall–Kier alpha value is -3.74. The molecule has 0 spiro atoms. The minimum Gasteiger partial charge on any atom is -0.465 e. The first kappa shape index (κ1) is 18.1. The van der Waals surface area contributed by atoms with Crippen LogP contribution in [0.1, 0.15) is 26.3 Å². The van der Waals surface area contributed by atoms with Gasteiger partial charge in [-0.25, -0.2) is 14.8 Å². The van der Waals surface area contributed by atoms with Crippen LogP contribution in [-0.2, 0) is 11.3 Å². The van der Waals surface area contributed by atoms with Gasteiger partial charge >= 0.3 is 5.97 Å². The van der Waals surface area contributed by atoms with E-state index in [1.54, 1.807) is 24.3 Å². The van der Waals surface area contributed by atoms with Crippen molar-refractivity contribution in [2.75, 3.05) is 12.4 Å². The Labute approximate surface area is 156 Å². The largest absolute Gasteiger partial charge is 0.465 e. The average molecular weight is 362 g/mol. The Bertz CT molecular complexity index is 927. The number of rotatable bonds is 6. The van der Waals surface area contributed by atoms with Gasteiger partial charge in [-0.2, -0.15) is 0 Å². The number of hydrogen-bond acceptors (Lipinski definition) is 6. The van der Waals surface area contributed by atoms with Crippen LogP contribution in [0.2, 0.25) is 0 Å². The van der Waals surface area contributed by atoms with Crippen molar-refractivity contribution < 1.29 is 14.3 Å². The highest BCUT2D eigenvalue weighted by Crippen LogP contribution is 2.19. The van der Waals surface area contributed by atoms with Gasteiger partial charge in [-0.05, 0) is 17.7 Å². The summed E-state index contributed by atoms with van der Waals surface area (Å²) >= 11 is 0. The fourth-order valence-electron chi connectivity index (χ4n) is 2.39. The number of esters is 1. The maximum Gasteiger partial charge on any atom is 0.339 e. The fraction of sp³-hybridized carbons (Fsp3) is 0.100. The second-order valence-corrected chi connectivity index (χ2v) is 5.63. The molecule has 27 heavy (non-hydrogen) atoms. The Morgan fingerprint density at radius 3 is 2.33 bits per heavy atom. The zero-order valence-corrected chi connectivity index (χ0v) is 14.7. The molecule has 0 bridgehead atoms. The van der Waals surface area contributed by atoms with Crippen LogP contribution < -0.4 is 10.6 Å². The SMILES string of the molecule is COC(=O)c1ccccc1Nc1ncc(C(=O)NCc2ccccc2)cn1. The number of hydrogen-bond donors (Lipinski definition) is 2. The van der Waals surface area contributed by atoms with Gasteiger partial charge < -0.3 is 15.4 Å². The number of anilines is 2. The summed E-state index contributed by atoms with van der Waals surface area (Å²) in [6, 6.07) is 16.5. The van der Waals surface area contributed by atoms with Crippen molar-refractivity contribution in [1.82, 2.24) is 15.3 Å². The summed E-state index contributed by atoms with van der Waals surface area (Å²) in [6.07, 6.45) is 2.85. The summed E-state index contributed by atoms with van der Waals surface area (Å²) in [5.41, 5.74) is 2.24. The number of para-hydroxylation sites is 1. The van der Waals surface area contributed by atoms with Crippen LogP contribution in [0.25, 0.3) is 0 Å². The Morgan fingerprint density at radius 2 is 1.63 bits per heavy atom. The number of ether oxygens (including phenoxy) is 1. The third-order valence-electron chi connectivity index (χ3n) is 3.79. The molecule has 0 saturated carbocycles. The zero-order valence-electron chi connectivity index (χ0n) is 14.7. The molecule has 0 aliphatic carbocycles. The molecule has 136 valence electrons. The van der Waals surface area contributed by atoms with Gasteiger partial charge in [-0.3, -0.25) is 4.79 Å². The van der Waals surface area contributed by atoms with Crippen LogP contribution in [0.15, 0.2) is 67.0 Å². The summed E-state index contributed by atoms with van der Waals surface area (Å²) in [7, 11) is 1.32. The van der Waals surface area contributed by atoms with E-state index in [1.165, 1.54) is 19.5 Å². The number of carbonyl (C=O) groups excluding carboxylic acids is 2. The van der Waals surface area contributed by atoms with Crippen LogP contribution in [0.4, 0.5) is 11.6 Å². The quantitative estimate of drug-likeness (QED) is 0.655. The Kier molecular flexibility index (Phi) is 5.73. The van der Waals surface area contributed by atoms with Gasteiger partial charge in [0.1, 0.15) is 0 Å². The number of nitrogens with one attached hydrogen (secondary N) is 2. The van der Waals surface area contributed by atoms with E-state index in [9.17, 15) is 9.59 Å². The van der Waals surface area contributed by atoms with E-state index in [2.05, 4.69) is 20.6 Å². The number of nitrogens with zero attached hydrogens (tertiary/aromatic N) is 2. The summed E-state index contributed by atoms with van der Waals surface area (Å²) < 4.78 is 4.76. The molecule has 2 aromatic carbocycles. The van der Waals surface area contributed by atoms with Crippen molar-refractivity contribution in [3.8, 4) is 0 Å². The lowest BCUT2D eigenvalue weighted by Crippen LogP contribution is -2.23. The van der Waals surface area contributed by atoms with Gasteiger partial charge in [0.15, 0.2) is 0 Å². The van der Waals surface area contributed by atoms with E-state index in [-0.39, 0.29) is 11.9 Å². The molecule has 0 fully saturated rings. The van der Waals surface area contributed by atoms with Crippen molar-refractivity contribution >= 4 is 23.5 Å². The van der Waals surface area contributed by atoms with Crippen LogP contribution in [0, 0.1) is 0 Å². The van der Waals surface area contributed by atoms with Gasteiger partial charge in [0.2, 0.25) is 5.95 Å². The highest BCUT2D eigenvalue weighted by atomic mass is 16.5. The van der Waals surface area contributed by atoms with E-state index < -0.39 is 5.97 Å². The maximum atomic E-state index is 12.2. The molecule has 1 heterocycles. The first-order valence-electron chi connectivity index (χ1n) is 8.26. The van der Waals surface area contributed by atoms with E-state index in [0.29, 0.717) is 23.4 Å². The van der Waals surface area contributed by atoms with Crippen molar-refractivity contribution in [2.45, 2.75) is 6.54 Å². The van der Waals surface area contributed by atoms with Crippen LogP contribution >= 0.6 is 0 Å². The summed E-state index contributed by atoms with van der Waals surface area (Å²) in [6.45, 7) is 0.423. The average Bonchev–Trinajstić information content (AvgIpc) is 2.73. The molecule has 0 radical (unpaired) electrons. The van der Waals surface area contributed by atoms with E-state index in [4.69, 9.17) is 4.74 Å². The van der Waals surface area contributed by atoms with Crippen LogP contribution in [0.3, 0.4) is 0 Å². The highest BCUT2D eigenvalue weighted by molar-refractivity contribution is 5.96. The van der Waals surface area contributed by atoms with Crippen LogP contribution in [0.5, 0.6) is 0 Å². The maximum absolute atomic E-state index is 12.2. The summed E-state index contributed by atoms with van der Waals surface area (Å²) in [5, 5.41) is 5.77. The van der Waals surface area contributed by atoms with E-state index >= 15 is 0 Å². The predicted octanol–water partition coefficient (Wildman–Crippen LogP) is 2.94. The van der Waals surface area contributed by atoms with Crippen molar-refractivity contribution in [1.29, 1.82) is 0 Å². The number of amides is 1. The normalized spacial score (nSPS) is 10.1. The number of methoxy groups -OCH3 is 1. The first-order chi connectivity index (χ1) is 13.2. The number of aromatic nitrogens is 2. The van der Waals surface area contributed by atoms with Gasteiger partial charge in [-0.1, -0.05) is 42.5 Å². The predicted molar refractivity (Wildman–Crippen MR) is 101 cm³/mol. The van der Waals surface area contributed by atoms with E-state index in [0.717, 1.165) is 5.56 Å². The molecule has 0 aliphatic heterocycles. The lowest BCUT2D eigenvalue weighted by Gasteiger charge is -2.09. The Morgan fingerprint density at radius 1 is 0.963 bits per heavy atom. The molecule has 1 aromatic heterocycles. The number of carbonyl (C=O) groups is 2. The molecule has 7 nitrogen and oxygen atoms in total. The third kappa shape index (κ3) is 4.66. The molecule has 3 aromatic rings. The molecular formula is C20H18N4O3. The zero-order chi connectivity index (χ0) is 19.1. The van der Waals surface area contributed by atoms with Crippen molar-refractivity contribution in [3.05, 3.63) is 83.7 Å². The molecule has 7 heteroatoms. The number of benzene rings is 2. The lowest BCUT2D eigenvalue weighted by molar-refractivity contribution is 0.0601. The molecule has 0 atom stereocenters. The molecule has 1 amide bonds. The summed E-state index contributed by atoms with van der Waals surface area (Å²) in [5.74, 6) is -0.457. The second-order valence-electron chi connectivity index (χ2n) is 5.63. The van der Waals surface area contributed by atoms with Gasteiger partial charge in [0, 0.05) is 18.9 Å². The van der Waals surface area contributed by atoms with E-state index in [1.807, 2.05) is 30.3 Å². The summed E-state index contributed by atoms with van der Waals surface area (Å²) in [4.78, 5) is 32.3. The van der Waals surface area contributed by atoms with Crippen molar-refractivity contribution in [3.63, 3.8) is 0 Å². The fourth-order valence-corrected chi connectivity index (χ4v) is 2.39. The highest BCUT2D eigenvalue weighted by Gasteiger charge is 2.12. The van der Waals surface area contributed by atoms with Crippen molar-refractivity contribution in [2.24, 2.45) is 0 Å². The smallest absolute Gasteiger partial charge is 0.339 e. The standard InChI is InChI=1S/C20H18N4O3/c1-27-19(26)16-9-5-6-10-17(16)24-20-22-12-15(13-23-20)18(25)21-11-14-7-3-2-4-8-14/h2-10,12-13H,11H2,1H3,(H,21,25)(H,22,23,24). The molecule has 0 aliphatic rings. The second kappa shape index (κ2) is 8.57. The molecule has 3 rings (SSSR count). The molecular weight excluding hydrogens is 344 g/mol. The van der Waals surface area contributed by atoms with Gasteiger partial charge in [0.25, 0.3) is 5.91 Å². The Balaban J connectivity index is 1.65. The molecule has 0 unspecified atom stereocenters. The van der Waals surface area contributed by atoms with Crippen LogP contribution in [-0.4, -0.2) is 29.0 Å². The molecule has 2 N–H and O–H groups in total. The molecule has 0 saturated heterocycles. The minimum atomic E-state index is -0.463. The van der Waals surface area contributed by atoms with Gasteiger partial charge in [0.05, 0.1) is 23.9 Å².